The molecule has 0 spiro atoms. The van der Waals surface area contributed by atoms with E-state index in [1.165, 1.54) is 0 Å². The van der Waals surface area contributed by atoms with Gasteiger partial charge in [0.15, 0.2) is 0 Å². The molecular weight excluding hydrogens is 234 g/mol. The second-order valence-electron chi connectivity index (χ2n) is 4.38. The molecule has 0 aromatic carbocycles. The number of aromatic nitrogens is 1. The Balaban J connectivity index is 1.67. The number of carbonyl (C=O) groups is 1. The van der Waals surface area contributed by atoms with Crippen LogP contribution in [0.5, 0.6) is 0 Å². The molecule has 1 unspecified atom stereocenters. The Labute approximate surface area is 106 Å². The van der Waals surface area contributed by atoms with Crippen molar-refractivity contribution in [2.24, 2.45) is 0 Å². The van der Waals surface area contributed by atoms with E-state index in [9.17, 15) is 4.79 Å². The Morgan fingerprint density at radius 2 is 2.47 bits per heavy atom. The summed E-state index contributed by atoms with van der Waals surface area (Å²) in [6, 6.07) is 0.743. The van der Waals surface area contributed by atoms with Gasteiger partial charge in [-0.2, -0.15) is 0 Å². The Bertz CT molecular complexity index is 349. The first-order valence-electron chi connectivity index (χ1n) is 6.21. The van der Waals surface area contributed by atoms with Crippen molar-refractivity contribution in [3.05, 3.63) is 16.6 Å². The highest BCUT2D eigenvalue weighted by Gasteiger charge is 2.22. The van der Waals surface area contributed by atoms with Gasteiger partial charge in [-0.05, 0) is 19.3 Å². The largest absolute Gasteiger partial charge is 0.353 e. The summed E-state index contributed by atoms with van der Waals surface area (Å²) in [6.07, 6.45) is 5.67. The minimum atomic E-state index is 0.161. The summed E-state index contributed by atoms with van der Waals surface area (Å²) in [5.41, 5.74) is 0. The predicted molar refractivity (Wildman–Crippen MR) is 68.9 cm³/mol. The van der Waals surface area contributed by atoms with Crippen molar-refractivity contribution in [2.75, 3.05) is 6.54 Å². The van der Waals surface area contributed by atoms with Gasteiger partial charge >= 0.3 is 0 Å². The van der Waals surface area contributed by atoms with Gasteiger partial charge in [0.1, 0.15) is 5.01 Å². The van der Waals surface area contributed by atoms with Gasteiger partial charge in [-0.1, -0.05) is 6.92 Å². The summed E-state index contributed by atoms with van der Waals surface area (Å²) in [6.45, 7) is 2.85. The lowest BCUT2D eigenvalue weighted by atomic mass is 10.2. The van der Waals surface area contributed by atoms with Gasteiger partial charge in [-0.3, -0.25) is 4.79 Å². The van der Waals surface area contributed by atoms with Crippen LogP contribution in [0.4, 0.5) is 0 Å². The number of amides is 1. The molecular formula is C12H19N3OS. The van der Waals surface area contributed by atoms with Crippen LogP contribution in [0.3, 0.4) is 0 Å². The third kappa shape index (κ3) is 4.09. The molecule has 1 aromatic rings. The topological polar surface area (TPSA) is 54.0 Å². The smallest absolute Gasteiger partial charge is 0.221 e. The van der Waals surface area contributed by atoms with E-state index >= 15 is 0 Å². The molecule has 0 bridgehead atoms. The number of carbonyl (C=O) groups excluding carboxylic acids is 1. The van der Waals surface area contributed by atoms with Gasteiger partial charge < -0.3 is 10.6 Å². The van der Waals surface area contributed by atoms with Crippen molar-refractivity contribution >= 4 is 17.2 Å². The van der Waals surface area contributed by atoms with Crippen molar-refractivity contribution in [1.29, 1.82) is 0 Å². The van der Waals surface area contributed by atoms with E-state index < -0.39 is 0 Å². The second-order valence-corrected chi connectivity index (χ2v) is 5.30. The Hall–Kier alpha value is -0.940. The third-order valence-electron chi connectivity index (χ3n) is 2.84. The number of hydrogen-bond donors (Lipinski definition) is 2. The van der Waals surface area contributed by atoms with Gasteiger partial charge in [-0.25, -0.2) is 4.98 Å². The van der Waals surface area contributed by atoms with E-state index in [1.54, 1.807) is 11.3 Å². The highest BCUT2D eigenvalue weighted by molar-refractivity contribution is 7.09. The summed E-state index contributed by atoms with van der Waals surface area (Å²) >= 11 is 1.66. The van der Waals surface area contributed by atoms with Crippen LogP contribution in [0.1, 0.15) is 43.7 Å². The highest BCUT2D eigenvalue weighted by Crippen LogP contribution is 2.19. The minimum Gasteiger partial charge on any atom is -0.353 e. The predicted octanol–water partition coefficient (Wildman–Crippen LogP) is 1.85. The molecule has 94 valence electrons. The van der Waals surface area contributed by atoms with Crippen LogP contribution in [0.15, 0.2) is 11.6 Å². The van der Waals surface area contributed by atoms with E-state index in [0.29, 0.717) is 12.5 Å². The molecule has 1 saturated carbocycles. The summed E-state index contributed by atoms with van der Waals surface area (Å²) < 4.78 is 0. The van der Waals surface area contributed by atoms with Crippen molar-refractivity contribution in [1.82, 2.24) is 15.6 Å². The molecule has 1 fully saturated rings. The first kappa shape index (κ1) is 12.5. The first-order chi connectivity index (χ1) is 8.29. The molecule has 0 radical (unpaired) electrons. The van der Waals surface area contributed by atoms with Crippen LogP contribution in [-0.2, 0) is 4.79 Å². The van der Waals surface area contributed by atoms with E-state index in [4.69, 9.17) is 0 Å². The average Bonchev–Trinajstić information content (AvgIpc) is 2.96. The molecule has 17 heavy (non-hydrogen) atoms. The maximum absolute atomic E-state index is 11.5. The molecule has 4 nitrogen and oxygen atoms in total. The number of nitrogens with one attached hydrogen (secondary N) is 2. The zero-order valence-corrected chi connectivity index (χ0v) is 10.9. The summed E-state index contributed by atoms with van der Waals surface area (Å²) in [4.78, 5) is 15.8. The van der Waals surface area contributed by atoms with Crippen molar-refractivity contribution in [3.8, 4) is 0 Å². The fourth-order valence-electron chi connectivity index (χ4n) is 1.70. The van der Waals surface area contributed by atoms with Crippen molar-refractivity contribution in [3.63, 3.8) is 0 Å². The van der Waals surface area contributed by atoms with E-state index in [-0.39, 0.29) is 11.9 Å². The maximum Gasteiger partial charge on any atom is 0.221 e. The Morgan fingerprint density at radius 1 is 1.65 bits per heavy atom. The number of rotatable bonds is 7. The lowest BCUT2D eigenvalue weighted by Crippen LogP contribution is -2.30. The van der Waals surface area contributed by atoms with E-state index in [2.05, 4.69) is 22.5 Å². The molecule has 1 aliphatic carbocycles. The maximum atomic E-state index is 11.5. The summed E-state index contributed by atoms with van der Waals surface area (Å²) in [7, 11) is 0. The van der Waals surface area contributed by atoms with Gasteiger partial charge in [-0.15, -0.1) is 11.3 Å². The Kier molecular flexibility index (Phi) is 4.50. The van der Waals surface area contributed by atoms with E-state index in [1.807, 2.05) is 11.6 Å². The fraction of sp³-hybridized carbons (Fsp3) is 0.667. The quantitative estimate of drug-likeness (QED) is 0.780. The SMILES string of the molecule is CCC(NCCC(=O)NC1CC1)c1nccs1. The van der Waals surface area contributed by atoms with Crippen LogP contribution < -0.4 is 10.6 Å². The number of hydrogen-bond acceptors (Lipinski definition) is 4. The zero-order valence-electron chi connectivity index (χ0n) is 10.1. The lowest BCUT2D eigenvalue weighted by molar-refractivity contribution is -0.121. The van der Waals surface area contributed by atoms with Gasteiger partial charge in [0.05, 0.1) is 6.04 Å². The first-order valence-corrected chi connectivity index (χ1v) is 7.09. The van der Waals surface area contributed by atoms with Crippen LogP contribution in [0, 0.1) is 0 Å². The molecule has 1 amide bonds. The summed E-state index contributed by atoms with van der Waals surface area (Å²) in [5, 5.41) is 9.46. The summed E-state index contributed by atoms with van der Waals surface area (Å²) in [5.74, 6) is 0.161. The molecule has 1 heterocycles. The molecule has 5 heteroatoms. The molecule has 0 aliphatic heterocycles. The molecule has 1 atom stereocenters. The normalized spacial score (nSPS) is 16.8. The zero-order chi connectivity index (χ0) is 12.1. The average molecular weight is 253 g/mol. The molecule has 1 aliphatic rings. The van der Waals surface area contributed by atoms with Crippen LogP contribution in [0.2, 0.25) is 0 Å². The number of thiazole rings is 1. The lowest BCUT2D eigenvalue weighted by Gasteiger charge is -2.14. The second kappa shape index (κ2) is 6.12. The van der Waals surface area contributed by atoms with Gasteiger partial charge in [0.25, 0.3) is 0 Å². The molecule has 2 N–H and O–H groups in total. The van der Waals surface area contributed by atoms with Gasteiger partial charge in [0, 0.05) is 30.6 Å². The molecule has 1 aromatic heterocycles. The van der Waals surface area contributed by atoms with Crippen molar-refractivity contribution in [2.45, 2.75) is 44.7 Å². The van der Waals surface area contributed by atoms with Crippen molar-refractivity contribution < 1.29 is 4.79 Å². The van der Waals surface area contributed by atoms with Crippen LogP contribution in [-0.4, -0.2) is 23.5 Å². The van der Waals surface area contributed by atoms with Gasteiger partial charge in [0.2, 0.25) is 5.91 Å². The monoisotopic (exact) mass is 253 g/mol. The molecule has 0 saturated heterocycles. The Morgan fingerprint density at radius 3 is 3.06 bits per heavy atom. The van der Waals surface area contributed by atoms with Crippen LogP contribution in [0.25, 0.3) is 0 Å². The fourth-order valence-corrected chi connectivity index (χ4v) is 2.50. The van der Waals surface area contributed by atoms with E-state index in [0.717, 1.165) is 30.8 Å². The standard InChI is InChI=1S/C12H19N3OS/c1-2-10(12-14-7-8-17-12)13-6-5-11(16)15-9-3-4-9/h7-10,13H,2-6H2,1H3,(H,15,16). The number of nitrogens with zero attached hydrogens (tertiary/aromatic N) is 1. The minimum absolute atomic E-state index is 0.161. The third-order valence-corrected chi connectivity index (χ3v) is 3.73. The van der Waals surface area contributed by atoms with Crippen LogP contribution >= 0.6 is 11.3 Å². The highest BCUT2D eigenvalue weighted by atomic mass is 32.1. The molecule has 2 rings (SSSR count).